The van der Waals surface area contributed by atoms with Crippen molar-refractivity contribution >= 4 is 22.2 Å². The van der Waals surface area contributed by atoms with Crippen LogP contribution in [0, 0.1) is 5.92 Å². The van der Waals surface area contributed by atoms with E-state index in [-0.39, 0.29) is 25.0 Å². The Labute approximate surface area is 164 Å². The predicted molar refractivity (Wildman–Crippen MR) is 101 cm³/mol. The fourth-order valence-corrected chi connectivity index (χ4v) is 3.78. The van der Waals surface area contributed by atoms with E-state index in [0.717, 1.165) is 12.1 Å². The molecule has 2 aromatic heterocycles. The Morgan fingerprint density at radius 1 is 1.36 bits per heavy atom. The first-order valence-electron chi connectivity index (χ1n) is 8.75. The summed E-state index contributed by atoms with van der Waals surface area (Å²) in [5, 5.41) is 10.9. The molecule has 1 aromatic carbocycles. The third kappa shape index (κ3) is 4.20. The average molecular weight is 411 g/mol. The first-order valence-corrected chi connectivity index (χ1v) is 9.63. The molecular formula is C19H20F3N3O2S. The largest absolute Gasteiger partial charge is 0.416 e. The molecule has 28 heavy (non-hydrogen) atoms. The predicted octanol–water partition coefficient (Wildman–Crippen LogP) is 4.17. The molecule has 1 amide bonds. The number of carbonyl (C=O) groups is 1. The summed E-state index contributed by atoms with van der Waals surface area (Å²) in [6.07, 6.45) is -2.86. The van der Waals surface area contributed by atoms with Gasteiger partial charge in [0.1, 0.15) is 5.69 Å². The molecule has 0 aliphatic carbocycles. The number of rotatable bonds is 6. The molecule has 0 unspecified atom stereocenters. The summed E-state index contributed by atoms with van der Waals surface area (Å²) in [4.78, 5) is 19.4. The van der Waals surface area contributed by atoms with E-state index in [1.54, 1.807) is 26.9 Å². The SMILES string of the molecule is CC(C)CN(CCO)C(=O)c1csc2nc(-c3cccc(C(F)(F)F)c3)cn12. The lowest BCUT2D eigenvalue weighted by Crippen LogP contribution is -2.37. The minimum Gasteiger partial charge on any atom is -0.395 e. The second-order valence-corrected chi connectivity index (χ2v) is 7.68. The molecule has 0 radical (unpaired) electrons. The summed E-state index contributed by atoms with van der Waals surface area (Å²) in [5.41, 5.74) is 0.326. The van der Waals surface area contributed by atoms with Crippen molar-refractivity contribution in [3.8, 4) is 11.3 Å². The highest BCUT2D eigenvalue weighted by Crippen LogP contribution is 2.32. The number of nitrogens with zero attached hydrogens (tertiary/aromatic N) is 3. The van der Waals surface area contributed by atoms with Crippen molar-refractivity contribution in [1.29, 1.82) is 0 Å². The van der Waals surface area contributed by atoms with Crippen LogP contribution in [-0.2, 0) is 6.18 Å². The Bertz CT molecular complexity index is 978. The zero-order valence-corrected chi connectivity index (χ0v) is 16.2. The quantitative estimate of drug-likeness (QED) is 0.662. The summed E-state index contributed by atoms with van der Waals surface area (Å²) in [5.74, 6) is -0.0184. The molecule has 0 aliphatic heterocycles. The highest BCUT2D eigenvalue weighted by Gasteiger charge is 2.30. The molecule has 150 valence electrons. The van der Waals surface area contributed by atoms with Gasteiger partial charge < -0.3 is 10.0 Å². The minimum absolute atomic E-state index is 0.148. The lowest BCUT2D eigenvalue weighted by Gasteiger charge is -2.23. The molecular weight excluding hydrogens is 391 g/mol. The van der Waals surface area contributed by atoms with Crippen LogP contribution in [-0.4, -0.2) is 45.0 Å². The van der Waals surface area contributed by atoms with Crippen LogP contribution in [0.15, 0.2) is 35.8 Å². The molecule has 9 heteroatoms. The van der Waals surface area contributed by atoms with Crippen LogP contribution in [0.2, 0.25) is 0 Å². The van der Waals surface area contributed by atoms with Crippen molar-refractivity contribution in [1.82, 2.24) is 14.3 Å². The topological polar surface area (TPSA) is 57.8 Å². The van der Waals surface area contributed by atoms with Gasteiger partial charge in [0.25, 0.3) is 5.91 Å². The van der Waals surface area contributed by atoms with Crippen LogP contribution in [0.4, 0.5) is 13.2 Å². The molecule has 5 nitrogen and oxygen atoms in total. The standard InChI is InChI=1S/C19H20F3N3O2S/c1-12(2)9-24(6-7-26)17(27)16-11-28-18-23-15(10-25(16)18)13-4-3-5-14(8-13)19(20,21)22/h3-5,8,10-12,26H,6-7,9H2,1-2H3. The number of aromatic nitrogens is 2. The number of hydrogen-bond donors (Lipinski definition) is 1. The van der Waals surface area contributed by atoms with Gasteiger partial charge in [-0.25, -0.2) is 4.98 Å². The number of amides is 1. The maximum absolute atomic E-state index is 13.0. The van der Waals surface area contributed by atoms with Crippen LogP contribution in [0.25, 0.3) is 16.2 Å². The first-order chi connectivity index (χ1) is 13.2. The van der Waals surface area contributed by atoms with Crippen LogP contribution < -0.4 is 0 Å². The third-order valence-electron chi connectivity index (χ3n) is 4.16. The molecule has 0 saturated carbocycles. The lowest BCUT2D eigenvalue weighted by atomic mass is 10.1. The molecule has 3 aromatic rings. The Kier molecular flexibility index (Phi) is 5.76. The molecule has 0 saturated heterocycles. The Balaban J connectivity index is 1.96. The number of carbonyl (C=O) groups excluding carboxylic acids is 1. The van der Waals surface area contributed by atoms with Gasteiger partial charge in [-0.05, 0) is 18.1 Å². The number of hydrogen-bond acceptors (Lipinski definition) is 4. The number of aliphatic hydroxyl groups excluding tert-OH is 1. The molecule has 0 aliphatic rings. The van der Waals surface area contributed by atoms with Gasteiger partial charge in [0.2, 0.25) is 0 Å². The fraction of sp³-hybridized carbons (Fsp3) is 0.368. The summed E-state index contributed by atoms with van der Waals surface area (Å²) >= 11 is 1.24. The molecule has 0 bridgehead atoms. The minimum atomic E-state index is -4.43. The van der Waals surface area contributed by atoms with Gasteiger partial charge in [0.05, 0.1) is 17.9 Å². The van der Waals surface area contributed by atoms with Gasteiger partial charge in [-0.1, -0.05) is 26.0 Å². The normalized spacial score (nSPS) is 12.1. The first kappa shape index (κ1) is 20.3. The third-order valence-corrected chi connectivity index (χ3v) is 5.00. The highest BCUT2D eigenvalue weighted by atomic mass is 32.1. The van der Waals surface area contributed by atoms with Crippen LogP contribution in [0.3, 0.4) is 0 Å². The molecule has 3 rings (SSSR count). The van der Waals surface area contributed by atoms with Crippen LogP contribution in [0.5, 0.6) is 0 Å². The Morgan fingerprint density at radius 2 is 2.11 bits per heavy atom. The lowest BCUT2D eigenvalue weighted by molar-refractivity contribution is -0.137. The van der Waals surface area contributed by atoms with Crippen molar-refractivity contribution in [3.63, 3.8) is 0 Å². The van der Waals surface area contributed by atoms with Gasteiger partial charge in [-0.15, -0.1) is 11.3 Å². The van der Waals surface area contributed by atoms with Crippen molar-refractivity contribution in [3.05, 3.63) is 47.1 Å². The summed E-state index contributed by atoms with van der Waals surface area (Å²) in [7, 11) is 0. The molecule has 1 N–H and O–H groups in total. The zero-order valence-electron chi connectivity index (χ0n) is 15.4. The maximum Gasteiger partial charge on any atom is 0.416 e. The number of imidazole rings is 1. The number of thiazole rings is 1. The van der Waals surface area contributed by atoms with Crippen molar-refractivity contribution in [2.75, 3.05) is 19.7 Å². The van der Waals surface area contributed by atoms with E-state index in [1.165, 1.54) is 17.4 Å². The van der Waals surface area contributed by atoms with E-state index < -0.39 is 11.7 Å². The highest BCUT2D eigenvalue weighted by molar-refractivity contribution is 7.15. The smallest absolute Gasteiger partial charge is 0.395 e. The number of alkyl halides is 3. The van der Waals surface area contributed by atoms with E-state index in [0.29, 0.717) is 28.5 Å². The zero-order chi connectivity index (χ0) is 20.5. The second-order valence-electron chi connectivity index (χ2n) is 6.85. The number of halogens is 3. The summed E-state index contributed by atoms with van der Waals surface area (Å²) in [6.45, 7) is 4.51. The Morgan fingerprint density at radius 3 is 2.75 bits per heavy atom. The van der Waals surface area contributed by atoms with Crippen LogP contribution >= 0.6 is 11.3 Å². The number of aliphatic hydroxyl groups is 1. The Hall–Kier alpha value is -2.39. The molecule has 0 fully saturated rings. The average Bonchev–Trinajstić information content (AvgIpc) is 3.20. The van der Waals surface area contributed by atoms with E-state index in [9.17, 15) is 23.1 Å². The van der Waals surface area contributed by atoms with E-state index >= 15 is 0 Å². The molecule has 0 spiro atoms. The van der Waals surface area contributed by atoms with E-state index in [4.69, 9.17) is 0 Å². The monoisotopic (exact) mass is 411 g/mol. The summed E-state index contributed by atoms with van der Waals surface area (Å²) < 4.78 is 40.5. The van der Waals surface area contributed by atoms with Gasteiger partial charge in [0, 0.05) is 30.2 Å². The van der Waals surface area contributed by atoms with Gasteiger partial charge in [-0.3, -0.25) is 9.20 Å². The van der Waals surface area contributed by atoms with Gasteiger partial charge >= 0.3 is 6.18 Å². The van der Waals surface area contributed by atoms with Crippen molar-refractivity contribution < 1.29 is 23.1 Å². The number of benzene rings is 1. The molecule has 0 atom stereocenters. The molecule has 2 heterocycles. The fourth-order valence-electron chi connectivity index (χ4n) is 2.93. The van der Waals surface area contributed by atoms with Crippen molar-refractivity contribution in [2.24, 2.45) is 5.92 Å². The second kappa shape index (κ2) is 7.92. The van der Waals surface area contributed by atoms with E-state index in [1.807, 2.05) is 13.8 Å². The number of fused-ring (bicyclic) bond motifs is 1. The maximum atomic E-state index is 13.0. The van der Waals surface area contributed by atoms with E-state index in [2.05, 4.69) is 4.98 Å². The van der Waals surface area contributed by atoms with Crippen molar-refractivity contribution in [2.45, 2.75) is 20.0 Å². The summed E-state index contributed by atoms with van der Waals surface area (Å²) in [6, 6.07) is 4.95. The van der Waals surface area contributed by atoms with Crippen LogP contribution in [0.1, 0.15) is 29.9 Å². The van der Waals surface area contributed by atoms with Gasteiger partial charge in [-0.2, -0.15) is 13.2 Å². The van der Waals surface area contributed by atoms with Gasteiger partial charge in [0.15, 0.2) is 4.96 Å².